The summed E-state index contributed by atoms with van der Waals surface area (Å²) in [5, 5.41) is 4.11. The maximum absolute atomic E-state index is 10.5. The molecule has 1 heterocycles. The van der Waals surface area contributed by atoms with E-state index in [1.54, 1.807) is 6.20 Å². The molecule has 0 aliphatic rings. The Morgan fingerprint density at radius 1 is 1.67 bits per heavy atom. The predicted octanol–water partition coefficient (Wildman–Crippen LogP) is 1.66. The van der Waals surface area contributed by atoms with Crippen LogP contribution in [0.4, 0.5) is 0 Å². The van der Waals surface area contributed by atoms with Gasteiger partial charge in [-0.2, -0.15) is 5.10 Å². The summed E-state index contributed by atoms with van der Waals surface area (Å²) in [6, 6.07) is 0. The molecule has 1 rings (SSSR count). The quantitative estimate of drug-likeness (QED) is 0.640. The third-order valence-electron chi connectivity index (χ3n) is 1.81. The van der Waals surface area contributed by atoms with Crippen LogP contribution in [-0.4, -0.2) is 16.1 Å². The molecule has 0 unspecified atom stereocenters. The fourth-order valence-corrected chi connectivity index (χ4v) is 1.11. The van der Waals surface area contributed by atoms with Crippen LogP contribution in [0.3, 0.4) is 0 Å². The van der Waals surface area contributed by atoms with Gasteiger partial charge in [-0.15, -0.1) is 0 Å². The Morgan fingerprint density at radius 2 is 2.33 bits per heavy atom. The highest BCUT2D eigenvalue weighted by atomic mass is 16.1. The first-order chi connectivity index (χ1) is 5.65. The van der Waals surface area contributed by atoms with Crippen LogP contribution in [0, 0.1) is 12.8 Å². The summed E-state index contributed by atoms with van der Waals surface area (Å²) < 4.78 is 1.87. The Kier molecular flexibility index (Phi) is 2.63. The van der Waals surface area contributed by atoms with Gasteiger partial charge >= 0.3 is 0 Å². The number of carbonyl (C=O) groups is 1. The largest absolute Gasteiger partial charge is 0.298 e. The van der Waals surface area contributed by atoms with E-state index in [1.807, 2.05) is 11.6 Å². The molecule has 0 aliphatic heterocycles. The molecule has 0 saturated heterocycles. The first-order valence-corrected chi connectivity index (χ1v) is 4.12. The minimum absolute atomic E-state index is 0.558. The van der Waals surface area contributed by atoms with Crippen LogP contribution in [0.2, 0.25) is 0 Å². The van der Waals surface area contributed by atoms with E-state index in [9.17, 15) is 4.79 Å². The van der Waals surface area contributed by atoms with E-state index in [1.165, 1.54) is 0 Å². The van der Waals surface area contributed by atoms with E-state index in [4.69, 9.17) is 0 Å². The van der Waals surface area contributed by atoms with Crippen molar-refractivity contribution in [3.8, 4) is 0 Å². The van der Waals surface area contributed by atoms with E-state index in [0.717, 1.165) is 18.5 Å². The van der Waals surface area contributed by atoms with Crippen molar-refractivity contribution in [3.05, 3.63) is 17.5 Å². The van der Waals surface area contributed by atoms with E-state index in [0.29, 0.717) is 11.5 Å². The molecule has 0 aromatic carbocycles. The van der Waals surface area contributed by atoms with Crippen molar-refractivity contribution in [2.24, 2.45) is 5.92 Å². The van der Waals surface area contributed by atoms with Crippen molar-refractivity contribution in [1.82, 2.24) is 9.78 Å². The summed E-state index contributed by atoms with van der Waals surface area (Å²) in [5.74, 6) is 0.558. The lowest BCUT2D eigenvalue weighted by molar-refractivity contribution is 0.112. The average molecular weight is 166 g/mol. The van der Waals surface area contributed by atoms with Gasteiger partial charge in [0.15, 0.2) is 6.29 Å². The smallest absolute Gasteiger partial charge is 0.153 e. The second-order valence-corrected chi connectivity index (χ2v) is 3.38. The summed E-state index contributed by atoms with van der Waals surface area (Å²) in [6.45, 7) is 7.04. The first kappa shape index (κ1) is 8.97. The van der Waals surface area contributed by atoms with Crippen LogP contribution in [0.15, 0.2) is 6.20 Å². The topological polar surface area (TPSA) is 34.9 Å². The van der Waals surface area contributed by atoms with E-state index in [2.05, 4.69) is 18.9 Å². The van der Waals surface area contributed by atoms with Gasteiger partial charge < -0.3 is 0 Å². The first-order valence-electron chi connectivity index (χ1n) is 4.12. The highest BCUT2D eigenvalue weighted by Gasteiger charge is 2.05. The number of aldehydes is 1. The Bertz CT molecular complexity index is 276. The number of hydrogen-bond donors (Lipinski definition) is 0. The third kappa shape index (κ3) is 1.72. The number of hydrogen-bond acceptors (Lipinski definition) is 2. The Balaban J connectivity index is 2.86. The van der Waals surface area contributed by atoms with Crippen molar-refractivity contribution in [2.45, 2.75) is 27.3 Å². The lowest BCUT2D eigenvalue weighted by Crippen LogP contribution is -2.07. The van der Waals surface area contributed by atoms with Gasteiger partial charge in [-0.1, -0.05) is 13.8 Å². The highest BCUT2D eigenvalue weighted by Crippen LogP contribution is 2.06. The van der Waals surface area contributed by atoms with E-state index in [-0.39, 0.29) is 0 Å². The fraction of sp³-hybridized carbons (Fsp3) is 0.556. The zero-order valence-electron chi connectivity index (χ0n) is 7.74. The van der Waals surface area contributed by atoms with Crippen LogP contribution in [0.1, 0.15) is 29.9 Å². The monoisotopic (exact) mass is 166 g/mol. The molecule has 12 heavy (non-hydrogen) atoms. The molecule has 0 atom stereocenters. The van der Waals surface area contributed by atoms with Crippen LogP contribution in [0.25, 0.3) is 0 Å². The molecule has 0 radical (unpaired) electrons. The number of carbonyl (C=O) groups excluding carboxylic acids is 1. The van der Waals surface area contributed by atoms with Crippen LogP contribution in [-0.2, 0) is 6.54 Å². The van der Waals surface area contributed by atoms with Gasteiger partial charge in [0.1, 0.15) is 0 Å². The molecule has 0 spiro atoms. The van der Waals surface area contributed by atoms with Crippen LogP contribution in [0.5, 0.6) is 0 Å². The van der Waals surface area contributed by atoms with Gasteiger partial charge in [-0.05, 0) is 12.8 Å². The van der Waals surface area contributed by atoms with Gasteiger partial charge in [0.2, 0.25) is 0 Å². The third-order valence-corrected chi connectivity index (χ3v) is 1.81. The molecule has 0 aliphatic carbocycles. The average Bonchev–Trinajstić information content (AvgIpc) is 2.32. The minimum Gasteiger partial charge on any atom is -0.298 e. The van der Waals surface area contributed by atoms with Crippen molar-refractivity contribution < 1.29 is 4.79 Å². The molecular weight excluding hydrogens is 152 g/mol. The summed E-state index contributed by atoms with van der Waals surface area (Å²) in [7, 11) is 0. The molecule has 0 saturated carbocycles. The lowest BCUT2D eigenvalue weighted by Gasteiger charge is -2.06. The zero-order chi connectivity index (χ0) is 9.14. The Labute approximate surface area is 72.4 Å². The normalized spacial score (nSPS) is 10.7. The Morgan fingerprint density at radius 3 is 2.75 bits per heavy atom. The highest BCUT2D eigenvalue weighted by molar-refractivity contribution is 5.75. The van der Waals surface area contributed by atoms with E-state index < -0.39 is 0 Å². The van der Waals surface area contributed by atoms with Crippen molar-refractivity contribution >= 4 is 6.29 Å². The minimum atomic E-state index is 0.558. The second kappa shape index (κ2) is 3.52. The van der Waals surface area contributed by atoms with Crippen LogP contribution < -0.4 is 0 Å². The van der Waals surface area contributed by atoms with Gasteiger partial charge in [0, 0.05) is 12.2 Å². The molecule has 0 fully saturated rings. The summed E-state index contributed by atoms with van der Waals surface area (Å²) in [5.41, 5.74) is 1.65. The standard InChI is InChI=1S/C9H14N2O/c1-7(2)5-11-8(3)9(6-12)4-10-11/h4,6-7H,5H2,1-3H3. The zero-order valence-corrected chi connectivity index (χ0v) is 7.74. The molecular formula is C9H14N2O. The molecule has 0 bridgehead atoms. The summed E-state index contributed by atoms with van der Waals surface area (Å²) in [4.78, 5) is 10.5. The fourth-order valence-electron chi connectivity index (χ4n) is 1.11. The SMILES string of the molecule is Cc1c(C=O)cnn1CC(C)C. The van der Waals surface area contributed by atoms with Gasteiger partial charge in [-0.3, -0.25) is 9.48 Å². The van der Waals surface area contributed by atoms with Crippen molar-refractivity contribution in [1.29, 1.82) is 0 Å². The van der Waals surface area contributed by atoms with Crippen molar-refractivity contribution in [2.75, 3.05) is 0 Å². The number of rotatable bonds is 3. The molecule has 0 amide bonds. The number of nitrogens with zero attached hydrogens (tertiary/aromatic N) is 2. The maximum Gasteiger partial charge on any atom is 0.153 e. The number of aromatic nitrogens is 2. The summed E-state index contributed by atoms with van der Waals surface area (Å²) >= 11 is 0. The molecule has 1 aromatic heterocycles. The molecule has 3 nitrogen and oxygen atoms in total. The van der Waals surface area contributed by atoms with Gasteiger partial charge in [0.05, 0.1) is 11.8 Å². The van der Waals surface area contributed by atoms with Gasteiger partial charge in [0.25, 0.3) is 0 Å². The predicted molar refractivity (Wildman–Crippen MR) is 47.2 cm³/mol. The Hall–Kier alpha value is -1.12. The molecule has 3 heteroatoms. The van der Waals surface area contributed by atoms with Gasteiger partial charge in [-0.25, -0.2) is 0 Å². The molecule has 1 aromatic rings. The van der Waals surface area contributed by atoms with Crippen molar-refractivity contribution in [3.63, 3.8) is 0 Å². The second-order valence-electron chi connectivity index (χ2n) is 3.38. The molecule has 0 N–H and O–H groups in total. The van der Waals surface area contributed by atoms with E-state index >= 15 is 0 Å². The maximum atomic E-state index is 10.5. The van der Waals surface area contributed by atoms with Crippen LogP contribution >= 0.6 is 0 Å². The molecule has 66 valence electrons. The lowest BCUT2D eigenvalue weighted by atomic mass is 10.2. The summed E-state index contributed by atoms with van der Waals surface area (Å²) in [6.07, 6.45) is 2.46.